The molecule has 2 aromatic heterocycles. The van der Waals surface area contributed by atoms with Crippen LogP contribution in [0.3, 0.4) is 0 Å². The van der Waals surface area contributed by atoms with Crippen molar-refractivity contribution in [1.29, 1.82) is 0 Å². The lowest BCUT2D eigenvalue weighted by atomic mass is 9.85. The van der Waals surface area contributed by atoms with E-state index in [0.717, 1.165) is 16.9 Å². The first-order valence-corrected chi connectivity index (χ1v) is 9.15. The van der Waals surface area contributed by atoms with Gasteiger partial charge < -0.3 is 4.90 Å². The van der Waals surface area contributed by atoms with Gasteiger partial charge in [0.2, 0.25) is 0 Å². The van der Waals surface area contributed by atoms with E-state index < -0.39 is 43.2 Å². The standard InChI is InChI=1S/C15H12F6N2OS2/c1-8-10(26-11(22-8)9-2-5-25-6-9)12(24)23-4-3-13(7-23,14(16,17)18)15(19,20)21/h2,5-6H,3-4,7H2,1H3. The summed E-state index contributed by atoms with van der Waals surface area (Å²) < 4.78 is 78.9. The topological polar surface area (TPSA) is 33.2 Å². The zero-order chi connectivity index (χ0) is 19.3. The van der Waals surface area contributed by atoms with Crippen molar-refractivity contribution in [3.8, 4) is 10.6 Å². The molecule has 142 valence electrons. The number of alkyl halides is 6. The van der Waals surface area contributed by atoms with Crippen LogP contribution < -0.4 is 0 Å². The number of halogens is 6. The number of carbonyl (C=O) groups is 1. The van der Waals surface area contributed by atoms with Crippen LogP contribution in [0.1, 0.15) is 21.8 Å². The molecule has 2 aromatic rings. The fourth-order valence-corrected chi connectivity index (χ4v) is 4.60. The first-order valence-electron chi connectivity index (χ1n) is 7.39. The van der Waals surface area contributed by atoms with Gasteiger partial charge in [0.05, 0.1) is 5.69 Å². The lowest BCUT2D eigenvalue weighted by Gasteiger charge is -2.33. The number of carbonyl (C=O) groups excluding carboxylic acids is 1. The molecule has 1 aliphatic heterocycles. The van der Waals surface area contributed by atoms with Gasteiger partial charge in [0.25, 0.3) is 5.91 Å². The van der Waals surface area contributed by atoms with Crippen molar-refractivity contribution in [2.45, 2.75) is 25.7 Å². The molecule has 26 heavy (non-hydrogen) atoms. The summed E-state index contributed by atoms with van der Waals surface area (Å²) in [5.74, 6) is -0.850. The third kappa shape index (κ3) is 3.00. The third-order valence-electron chi connectivity index (χ3n) is 4.40. The van der Waals surface area contributed by atoms with Crippen LogP contribution in [0.4, 0.5) is 26.3 Å². The summed E-state index contributed by atoms with van der Waals surface area (Å²) in [5.41, 5.74) is -2.84. The van der Waals surface area contributed by atoms with Crippen LogP contribution in [0.15, 0.2) is 16.8 Å². The molecule has 0 bridgehead atoms. The number of aryl methyl sites for hydroxylation is 1. The van der Waals surface area contributed by atoms with Crippen LogP contribution in [-0.4, -0.2) is 41.2 Å². The lowest BCUT2D eigenvalue weighted by Crippen LogP contribution is -2.52. The summed E-state index contributed by atoms with van der Waals surface area (Å²) in [6, 6.07) is 1.77. The van der Waals surface area contributed by atoms with Gasteiger partial charge in [-0.05, 0) is 24.8 Å². The molecule has 0 aromatic carbocycles. The molecule has 3 nitrogen and oxygen atoms in total. The maximum absolute atomic E-state index is 13.2. The molecule has 0 saturated carbocycles. The van der Waals surface area contributed by atoms with E-state index in [1.54, 1.807) is 16.8 Å². The molecule has 0 atom stereocenters. The molecule has 0 aliphatic carbocycles. The lowest BCUT2D eigenvalue weighted by molar-refractivity contribution is -0.334. The zero-order valence-corrected chi connectivity index (χ0v) is 14.9. The predicted molar refractivity (Wildman–Crippen MR) is 85.2 cm³/mol. The number of thiophene rings is 1. The molecule has 3 heterocycles. The van der Waals surface area contributed by atoms with Gasteiger partial charge in [0, 0.05) is 24.0 Å². The summed E-state index contributed by atoms with van der Waals surface area (Å²) in [4.78, 5) is 17.5. The maximum atomic E-state index is 13.2. The third-order valence-corrected chi connectivity index (χ3v) is 6.28. The largest absolute Gasteiger partial charge is 0.404 e. The smallest absolute Gasteiger partial charge is 0.337 e. The first kappa shape index (κ1) is 19.2. The van der Waals surface area contributed by atoms with Gasteiger partial charge in [-0.2, -0.15) is 37.7 Å². The Morgan fingerprint density at radius 3 is 2.38 bits per heavy atom. The minimum Gasteiger partial charge on any atom is -0.337 e. The molecule has 1 amide bonds. The number of hydrogen-bond donors (Lipinski definition) is 0. The number of amides is 1. The minimum absolute atomic E-state index is 0.0614. The highest BCUT2D eigenvalue weighted by atomic mass is 32.1. The number of hydrogen-bond acceptors (Lipinski definition) is 4. The Bertz CT molecular complexity index is 795. The van der Waals surface area contributed by atoms with Crippen molar-refractivity contribution in [2.75, 3.05) is 13.1 Å². The predicted octanol–water partition coefficient (Wildman–Crippen LogP) is 5.14. The maximum Gasteiger partial charge on any atom is 0.404 e. The molecule has 0 N–H and O–H groups in total. The van der Waals surface area contributed by atoms with E-state index >= 15 is 0 Å². The Balaban J connectivity index is 1.89. The molecule has 11 heteroatoms. The van der Waals surface area contributed by atoms with Crippen molar-refractivity contribution in [3.05, 3.63) is 27.4 Å². The minimum atomic E-state index is -5.48. The van der Waals surface area contributed by atoms with Crippen LogP contribution in [0.25, 0.3) is 10.6 Å². The Kier molecular flexibility index (Phi) is 4.58. The van der Waals surface area contributed by atoms with Crippen LogP contribution in [0.5, 0.6) is 0 Å². The first-order chi connectivity index (χ1) is 12.0. The van der Waals surface area contributed by atoms with Crippen LogP contribution >= 0.6 is 22.7 Å². The second-order valence-corrected chi connectivity index (χ2v) is 7.78. The van der Waals surface area contributed by atoms with Gasteiger partial charge in [-0.1, -0.05) is 0 Å². The summed E-state index contributed by atoms with van der Waals surface area (Å²) in [7, 11) is 0. The normalized spacial score (nSPS) is 17.7. The Morgan fingerprint density at radius 2 is 1.88 bits per heavy atom. The van der Waals surface area contributed by atoms with E-state index in [0.29, 0.717) is 9.91 Å². The Labute approximate surface area is 152 Å². The van der Waals surface area contributed by atoms with E-state index in [9.17, 15) is 31.1 Å². The molecule has 1 aliphatic rings. The second kappa shape index (κ2) is 6.22. The van der Waals surface area contributed by atoms with E-state index in [-0.39, 0.29) is 10.6 Å². The monoisotopic (exact) mass is 414 g/mol. The molecule has 0 spiro atoms. The highest BCUT2D eigenvalue weighted by Crippen LogP contribution is 2.55. The highest BCUT2D eigenvalue weighted by Gasteiger charge is 2.72. The average Bonchev–Trinajstić information content (AvgIpc) is 3.24. The fourth-order valence-electron chi connectivity index (χ4n) is 2.85. The highest BCUT2D eigenvalue weighted by molar-refractivity contribution is 7.17. The van der Waals surface area contributed by atoms with Crippen LogP contribution in [0, 0.1) is 12.3 Å². The summed E-state index contributed by atoms with van der Waals surface area (Å²) in [6.45, 7) is -0.524. The molecular formula is C15H12F6N2OS2. The van der Waals surface area contributed by atoms with Crippen molar-refractivity contribution < 1.29 is 31.1 Å². The number of thiazole rings is 1. The van der Waals surface area contributed by atoms with E-state index in [1.807, 2.05) is 0 Å². The van der Waals surface area contributed by atoms with Crippen LogP contribution in [-0.2, 0) is 0 Å². The Morgan fingerprint density at radius 1 is 1.23 bits per heavy atom. The summed E-state index contributed by atoms with van der Waals surface area (Å²) >= 11 is 2.38. The van der Waals surface area contributed by atoms with Crippen LogP contribution in [0.2, 0.25) is 0 Å². The summed E-state index contributed by atoms with van der Waals surface area (Å²) in [6.07, 6.45) is -12.2. The van der Waals surface area contributed by atoms with E-state index in [4.69, 9.17) is 0 Å². The van der Waals surface area contributed by atoms with Crippen molar-refractivity contribution in [3.63, 3.8) is 0 Å². The van der Waals surface area contributed by atoms with E-state index in [1.165, 1.54) is 18.3 Å². The quantitative estimate of drug-likeness (QED) is 0.638. The number of rotatable bonds is 2. The zero-order valence-electron chi connectivity index (χ0n) is 13.2. The fraction of sp³-hybridized carbons (Fsp3) is 0.467. The van der Waals surface area contributed by atoms with Gasteiger partial charge in [0.15, 0.2) is 5.41 Å². The molecule has 0 radical (unpaired) electrons. The van der Waals surface area contributed by atoms with Gasteiger partial charge in [-0.15, -0.1) is 11.3 Å². The molecule has 1 fully saturated rings. The van der Waals surface area contributed by atoms with Gasteiger partial charge in [-0.3, -0.25) is 4.79 Å². The molecule has 0 unspecified atom stereocenters. The molecule has 3 rings (SSSR count). The molecular weight excluding hydrogens is 402 g/mol. The van der Waals surface area contributed by atoms with Crippen molar-refractivity contribution in [1.82, 2.24) is 9.88 Å². The SMILES string of the molecule is Cc1nc(-c2ccsc2)sc1C(=O)N1CCC(C(F)(F)F)(C(F)(F)F)C1. The van der Waals surface area contributed by atoms with Crippen molar-refractivity contribution >= 4 is 28.6 Å². The number of likely N-dealkylation sites (tertiary alicyclic amines) is 1. The van der Waals surface area contributed by atoms with Crippen molar-refractivity contribution in [2.24, 2.45) is 5.41 Å². The Hall–Kier alpha value is -1.62. The number of nitrogens with zero attached hydrogens (tertiary/aromatic N) is 2. The summed E-state index contributed by atoms with van der Waals surface area (Å²) in [5, 5.41) is 4.10. The van der Waals surface area contributed by atoms with Gasteiger partial charge >= 0.3 is 12.4 Å². The van der Waals surface area contributed by atoms with E-state index in [2.05, 4.69) is 4.98 Å². The average molecular weight is 414 g/mol. The second-order valence-electron chi connectivity index (χ2n) is 6.00. The molecule has 1 saturated heterocycles. The van der Waals surface area contributed by atoms with Gasteiger partial charge in [0.1, 0.15) is 9.88 Å². The van der Waals surface area contributed by atoms with Gasteiger partial charge in [-0.25, -0.2) is 4.98 Å². The number of aromatic nitrogens is 1.